The number of fused-ring (bicyclic) bond motifs is 1. The lowest BCUT2D eigenvalue weighted by molar-refractivity contribution is -0.136. The van der Waals surface area contributed by atoms with E-state index in [1.807, 2.05) is 10.9 Å². The van der Waals surface area contributed by atoms with Crippen molar-refractivity contribution >= 4 is 5.91 Å². The van der Waals surface area contributed by atoms with Gasteiger partial charge in [-0.25, -0.2) is 0 Å². The van der Waals surface area contributed by atoms with Gasteiger partial charge in [-0.3, -0.25) is 14.4 Å². The van der Waals surface area contributed by atoms with Crippen molar-refractivity contribution in [3.63, 3.8) is 0 Å². The van der Waals surface area contributed by atoms with Gasteiger partial charge in [0.1, 0.15) is 0 Å². The van der Waals surface area contributed by atoms with E-state index >= 15 is 0 Å². The molecule has 0 unspecified atom stereocenters. The minimum absolute atomic E-state index is 0.109. The molecule has 1 aromatic heterocycles. The van der Waals surface area contributed by atoms with Crippen molar-refractivity contribution < 1.29 is 14.3 Å². The van der Waals surface area contributed by atoms with Crippen LogP contribution in [0.25, 0.3) is 0 Å². The molecule has 0 radical (unpaired) electrons. The Kier molecular flexibility index (Phi) is 5.86. The molecule has 30 heavy (non-hydrogen) atoms. The zero-order valence-electron chi connectivity index (χ0n) is 18.3. The lowest BCUT2D eigenvalue weighted by Crippen LogP contribution is -2.45. The maximum Gasteiger partial charge on any atom is 0.225 e. The topological polar surface area (TPSA) is 59.8 Å². The second-order valence-corrected chi connectivity index (χ2v) is 9.91. The standard InChI is InChI=1S/C23H36N4O3/c1-2-27-14-18(12-24-27)13-25-7-3-20-19(15-25)16-30-21(20)11-22(28)26-8-4-23(5-9-26)6-10-29-17-23/h12,14,19-21H,2-11,13,15-17H2,1H3/t19-,20-,21+/m1/s1. The first-order chi connectivity index (χ1) is 14.6. The van der Waals surface area contributed by atoms with Crippen molar-refractivity contribution in [2.24, 2.45) is 17.3 Å². The Morgan fingerprint density at radius 2 is 2.13 bits per heavy atom. The van der Waals surface area contributed by atoms with Crippen LogP contribution in [0.1, 0.15) is 44.6 Å². The van der Waals surface area contributed by atoms with Crippen LogP contribution in [-0.4, -0.2) is 77.6 Å². The SMILES string of the molecule is CCn1cc(CN2CC[C@@H]3[C@@H](CO[C@H]3CC(=O)N3CCC4(CCOC4)CC3)C2)cn1. The van der Waals surface area contributed by atoms with E-state index in [1.54, 1.807) is 0 Å². The highest BCUT2D eigenvalue weighted by atomic mass is 16.5. The van der Waals surface area contributed by atoms with Crippen molar-refractivity contribution in [3.8, 4) is 0 Å². The fraction of sp³-hybridized carbons (Fsp3) is 0.826. The zero-order chi connectivity index (χ0) is 20.6. The summed E-state index contributed by atoms with van der Waals surface area (Å²) in [7, 11) is 0. The first-order valence-electron chi connectivity index (χ1n) is 11.8. The maximum atomic E-state index is 13.0. The van der Waals surface area contributed by atoms with Crippen LogP contribution in [0.3, 0.4) is 0 Å². The normalized spacial score (nSPS) is 31.4. The van der Waals surface area contributed by atoms with E-state index in [0.29, 0.717) is 29.6 Å². The summed E-state index contributed by atoms with van der Waals surface area (Å²) < 4.78 is 13.8. The van der Waals surface area contributed by atoms with Crippen LogP contribution in [0.4, 0.5) is 0 Å². The summed E-state index contributed by atoms with van der Waals surface area (Å²) in [5, 5.41) is 4.40. The van der Waals surface area contributed by atoms with Crippen LogP contribution in [0, 0.1) is 17.3 Å². The van der Waals surface area contributed by atoms with Gasteiger partial charge in [0.2, 0.25) is 5.91 Å². The molecule has 4 aliphatic heterocycles. The molecule has 4 saturated heterocycles. The summed E-state index contributed by atoms with van der Waals surface area (Å²) in [5.41, 5.74) is 1.64. The third-order valence-corrected chi connectivity index (χ3v) is 8.03. The van der Waals surface area contributed by atoms with Crippen LogP contribution >= 0.6 is 0 Å². The molecule has 1 spiro atoms. The smallest absolute Gasteiger partial charge is 0.225 e. The summed E-state index contributed by atoms with van der Waals surface area (Å²) in [6.45, 7) is 10.5. The average molecular weight is 417 g/mol. The third-order valence-electron chi connectivity index (χ3n) is 8.03. The number of likely N-dealkylation sites (tertiary alicyclic amines) is 2. The monoisotopic (exact) mass is 416 g/mol. The third kappa shape index (κ3) is 4.16. The number of carbonyl (C=O) groups is 1. The van der Waals surface area contributed by atoms with Gasteiger partial charge in [0.05, 0.1) is 31.9 Å². The van der Waals surface area contributed by atoms with Gasteiger partial charge in [-0.05, 0) is 50.5 Å². The Labute approximate surface area is 179 Å². The molecular formula is C23H36N4O3. The molecule has 166 valence electrons. The molecule has 4 aliphatic rings. The molecule has 7 heteroatoms. The number of hydrogen-bond donors (Lipinski definition) is 0. The average Bonchev–Trinajstić information content (AvgIpc) is 3.50. The van der Waals surface area contributed by atoms with Crippen LogP contribution in [0.2, 0.25) is 0 Å². The first kappa shape index (κ1) is 20.5. The second-order valence-electron chi connectivity index (χ2n) is 9.91. The van der Waals surface area contributed by atoms with Crippen molar-refractivity contribution in [2.75, 3.05) is 46.0 Å². The molecule has 0 bridgehead atoms. The van der Waals surface area contributed by atoms with Gasteiger partial charge in [-0.1, -0.05) is 0 Å². The fourth-order valence-corrected chi connectivity index (χ4v) is 6.01. The number of nitrogens with zero attached hydrogens (tertiary/aromatic N) is 4. The van der Waals surface area contributed by atoms with E-state index in [0.717, 1.165) is 78.4 Å². The van der Waals surface area contributed by atoms with Crippen molar-refractivity contribution in [3.05, 3.63) is 18.0 Å². The second kappa shape index (κ2) is 8.60. The van der Waals surface area contributed by atoms with E-state index in [1.165, 1.54) is 12.0 Å². The number of aromatic nitrogens is 2. The maximum absolute atomic E-state index is 13.0. The van der Waals surface area contributed by atoms with Crippen molar-refractivity contribution in [1.29, 1.82) is 0 Å². The highest BCUT2D eigenvalue weighted by molar-refractivity contribution is 5.77. The van der Waals surface area contributed by atoms with E-state index < -0.39 is 0 Å². The Balaban J connectivity index is 1.10. The number of carbonyl (C=O) groups excluding carboxylic acids is 1. The molecule has 0 aliphatic carbocycles. The van der Waals surface area contributed by atoms with Gasteiger partial charge in [0.25, 0.3) is 0 Å². The first-order valence-corrected chi connectivity index (χ1v) is 11.8. The largest absolute Gasteiger partial charge is 0.381 e. The van der Waals surface area contributed by atoms with Gasteiger partial charge in [-0.15, -0.1) is 0 Å². The zero-order valence-corrected chi connectivity index (χ0v) is 18.3. The molecule has 1 aromatic rings. The molecule has 5 rings (SSSR count). The van der Waals surface area contributed by atoms with E-state index in [-0.39, 0.29) is 6.10 Å². The van der Waals surface area contributed by atoms with Gasteiger partial charge in [-0.2, -0.15) is 5.10 Å². The molecule has 7 nitrogen and oxygen atoms in total. The highest BCUT2D eigenvalue weighted by Crippen LogP contribution is 2.40. The molecule has 5 heterocycles. The Morgan fingerprint density at radius 3 is 2.87 bits per heavy atom. The minimum Gasteiger partial charge on any atom is -0.381 e. The summed E-state index contributed by atoms with van der Waals surface area (Å²) in [6.07, 6.45) is 9.30. The lowest BCUT2D eigenvalue weighted by Gasteiger charge is -2.39. The minimum atomic E-state index is 0.109. The lowest BCUT2D eigenvalue weighted by atomic mass is 9.78. The van der Waals surface area contributed by atoms with Crippen LogP contribution in [0.15, 0.2) is 12.4 Å². The molecule has 3 atom stereocenters. The van der Waals surface area contributed by atoms with Crippen molar-refractivity contribution in [1.82, 2.24) is 19.6 Å². The van der Waals surface area contributed by atoms with Gasteiger partial charge < -0.3 is 14.4 Å². The number of aryl methyl sites for hydroxylation is 1. The summed E-state index contributed by atoms with van der Waals surface area (Å²) in [4.78, 5) is 17.6. The fourth-order valence-electron chi connectivity index (χ4n) is 6.01. The summed E-state index contributed by atoms with van der Waals surface area (Å²) in [5.74, 6) is 1.38. The quantitative estimate of drug-likeness (QED) is 0.736. The molecule has 0 N–H and O–H groups in total. The van der Waals surface area contributed by atoms with Gasteiger partial charge in [0.15, 0.2) is 0 Å². The number of hydrogen-bond acceptors (Lipinski definition) is 5. The molecular weight excluding hydrogens is 380 g/mol. The van der Waals surface area contributed by atoms with E-state index in [2.05, 4.69) is 28.0 Å². The summed E-state index contributed by atoms with van der Waals surface area (Å²) in [6, 6.07) is 0. The molecule has 0 aromatic carbocycles. The number of rotatable bonds is 5. The Hall–Kier alpha value is -1.44. The Bertz CT molecular complexity index is 735. The number of ether oxygens (including phenoxy) is 2. The van der Waals surface area contributed by atoms with E-state index in [9.17, 15) is 4.79 Å². The molecule has 0 saturated carbocycles. The molecule has 1 amide bonds. The summed E-state index contributed by atoms with van der Waals surface area (Å²) >= 11 is 0. The van der Waals surface area contributed by atoms with Gasteiger partial charge in [0, 0.05) is 57.0 Å². The molecule has 4 fully saturated rings. The number of amides is 1. The predicted octanol–water partition coefficient (Wildman–Crippen LogP) is 2.16. The van der Waals surface area contributed by atoms with E-state index in [4.69, 9.17) is 9.47 Å². The number of piperidine rings is 2. The highest BCUT2D eigenvalue weighted by Gasteiger charge is 2.43. The van der Waals surface area contributed by atoms with Gasteiger partial charge >= 0.3 is 0 Å². The van der Waals surface area contributed by atoms with Crippen molar-refractivity contribution in [2.45, 2.75) is 58.2 Å². The predicted molar refractivity (Wildman–Crippen MR) is 113 cm³/mol. The van der Waals surface area contributed by atoms with Crippen LogP contribution in [-0.2, 0) is 27.4 Å². The Morgan fingerprint density at radius 1 is 1.27 bits per heavy atom. The van der Waals surface area contributed by atoms with Crippen LogP contribution in [0.5, 0.6) is 0 Å². The van der Waals surface area contributed by atoms with Crippen LogP contribution < -0.4 is 0 Å².